The lowest BCUT2D eigenvalue weighted by Gasteiger charge is -2.11. The summed E-state index contributed by atoms with van der Waals surface area (Å²) in [6.45, 7) is 2.11. The fourth-order valence-corrected chi connectivity index (χ4v) is 2.66. The molecule has 0 aliphatic heterocycles. The number of esters is 1. The molecular formula is C23H19N3O6. The monoisotopic (exact) mass is 433 g/mol. The predicted molar refractivity (Wildman–Crippen MR) is 117 cm³/mol. The van der Waals surface area contributed by atoms with Crippen molar-refractivity contribution in [1.82, 2.24) is 5.43 Å². The van der Waals surface area contributed by atoms with Crippen LogP contribution in [0.2, 0.25) is 0 Å². The van der Waals surface area contributed by atoms with Gasteiger partial charge in [-0.15, -0.1) is 0 Å². The fraction of sp³-hybridized carbons (Fsp3) is 0.0870. The first kappa shape index (κ1) is 22.2. The van der Waals surface area contributed by atoms with Crippen LogP contribution in [-0.4, -0.2) is 29.6 Å². The minimum atomic E-state index is -0.683. The van der Waals surface area contributed by atoms with E-state index in [1.807, 2.05) is 6.07 Å². The topological polar surface area (TPSA) is 120 Å². The Morgan fingerprint density at radius 2 is 1.72 bits per heavy atom. The number of hydrogen-bond donors (Lipinski definition) is 1. The SMILES string of the molecule is CCOc1cc(/C=N\NC(=O)c2ccccc2)ccc1OC(=O)c1ccc([N+](=O)[O-])cc1. The van der Waals surface area contributed by atoms with Crippen LogP contribution in [0.1, 0.15) is 33.2 Å². The van der Waals surface area contributed by atoms with Crippen molar-refractivity contribution in [3.63, 3.8) is 0 Å². The van der Waals surface area contributed by atoms with Crippen molar-refractivity contribution in [3.8, 4) is 11.5 Å². The van der Waals surface area contributed by atoms with Crippen LogP contribution < -0.4 is 14.9 Å². The minimum absolute atomic E-state index is 0.125. The van der Waals surface area contributed by atoms with Crippen molar-refractivity contribution in [2.75, 3.05) is 6.61 Å². The number of nitro benzene ring substituents is 1. The molecule has 3 rings (SSSR count). The highest BCUT2D eigenvalue weighted by molar-refractivity contribution is 5.95. The van der Waals surface area contributed by atoms with Crippen molar-refractivity contribution in [2.45, 2.75) is 6.92 Å². The van der Waals surface area contributed by atoms with Gasteiger partial charge >= 0.3 is 5.97 Å². The number of carbonyl (C=O) groups excluding carboxylic acids is 2. The maximum atomic E-state index is 12.4. The van der Waals surface area contributed by atoms with Crippen molar-refractivity contribution in [3.05, 3.63) is 99.6 Å². The lowest BCUT2D eigenvalue weighted by atomic mass is 10.2. The highest BCUT2D eigenvalue weighted by Gasteiger charge is 2.15. The maximum Gasteiger partial charge on any atom is 0.343 e. The maximum absolute atomic E-state index is 12.4. The van der Waals surface area contributed by atoms with Crippen LogP contribution in [0.3, 0.4) is 0 Å². The lowest BCUT2D eigenvalue weighted by molar-refractivity contribution is -0.384. The number of nitro groups is 1. The Labute approximate surface area is 183 Å². The van der Waals surface area contributed by atoms with Crippen molar-refractivity contribution < 1.29 is 24.0 Å². The summed E-state index contributed by atoms with van der Waals surface area (Å²) < 4.78 is 10.9. The molecule has 3 aromatic carbocycles. The summed E-state index contributed by atoms with van der Waals surface area (Å²) in [6.07, 6.45) is 1.44. The summed E-state index contributed by atoms with van der Waals surface area (Å²) in [5.41, 5.74) is 3.56. The van der Waals surface area contributed by atoms with Crippen molar-refractivity contribution in [2.24, 2.45) is 5.10 Å². The van der Waals surface area contributed by atoms with Gasteiger partial charge in [0.15, 0.2) is 11.5 Å². The van der Waals surface area contributed by atoms with Crippen LogP contribution in [-0.2, 0) is 0 Å². The largest absolute Gasteiger partial charge is 0.490 e. The summed E-state index contributed by atoms with van der Waals surface area (Å²) in [4.78, 5) is 34.6. The zero-order valence-corrected chi connectivity index (χ0v) is 17.1. The number of carbonyl (C=O) groups is 2. The molecule has 0 saturated heterocycles. The first-order valence-electron chi connectivity index (χ1n) is 9.60. The van der Waals surface area contributed by atoms with Gasteiger partial charge in [-0.1, -0.05) is 18.2 Å². The molecule has 0 atom stereocenters. The normalized spacial score (nSPS) is 10.5. The molecule has 0 saturated carbocycles. The van der Waals surface area contributed by atoms with Gasteiger partial charge in [-0.05, 0) is 55.0 Å². The molecule has 9 heteroatoms. The molecule has 0 radical (unpaired) electrons. The Balaban J connectivity index is 1.70. The quantitative estimate of drug-likeness (QED) is 0.189. The van der Waals surface area contributed by atoms with Gasteiger partial charge in [0.25, 0.3) is 11.6 Å². The molecule has 9 nitrogen and oxygen atoms in total. The Morgan fingerprint density at radius 3 is 2.38 bits per heavy atom. The average Bonchev–Trinajstić information content (AvgIpc) is 2.81. The van der Waals surface area contributed by atoms with Crippen molar-refractivity contribution >= 4 is 23.8 Å². The molecular weight excluding hydrogens is 414 g/mol. The third-order valence-electron chi connectivity index (χ3n) is 4.20. The number of non-ortho nitro benzene ring substituents is 1. The van der Waals surface area contributed by atoms with E-state index in [-0.39, 0.29) is 22.9 Å². The molecule has 3 aromatic rings. The molecule has 1 N–H and O–H groups in total. The van der Waals surface area contributed by atoms with E-state index in [0.717, 1.165) is 0 Å². The number of hydrogen-bond acceptors (Lipinski definition) is 7. The molecule has 0 fully saturated rings. The van der Waals surface area contributed by atoms with Crippen molar-refractivity contribution in [1.29, 1.82) is 0 Å². The number of ether oxygens (including phenoxy) is 2. The minimum Gasteiger partial charge on any atom is -0.490 e. The van der Waals surface area contributed by atoms with E-state index in [4.69, 9.17) is 9.47 Å². The Morgan fingerprint density at radius 1 is 1.00 bits per heavy atom. The van der Waals surface area contributed by atoms with E-state index in [2.05, 4.69) is 10.5 Å². The van der Waals surface area contributed by atoms with Gasteiger partial charge in [-0.3, -0.25) is 14.9 Å². The summed E-state index contributed by atoms with van der Waals surface area (Å²) in [5.74, 6) is -0.542. The molecule has 162 valence electrons. The highest BCUT2D eigenvalue weighted by atomic mass is 16.6. The number of rotatable bonds is 8. The zero-order chi connectivity index (χ0) is 22.9. The van der Waals surface area contributed by atoms with E-state index in [9.17, 15) is 19.7 Å². The predicted octanol–water partition coefficient (Wildman–Crippen LogP) is 3.98. The third-order valence-corrected chi connectivity index (χ3v) is 4.20. The lowest BCUT2D eigenvalue weighted by Crippen LogP contribution is -2.17. The number of hydrazone groups is 1. The highest BCUT2D eigenvalue weighted by Crippen LogP contribution is 2.29. The smallest absolute Gasteiger partial charge is 0.343 e. The summed E-state index contributed by atoms with van der Waals surface area (Å²) >= 11 is 0. The van der Waals surface area contributed by atoms with Gasteiger partial charge in [0, 0.05) is 17.7 Å². The molecule has 0 heterocycles. The molecule has 0 aromatic heterocycles. The average molecular weight is 433 g/mol. The standard InChI is InChI=1S/C23H19N3O6/c1-2-31-21-14-16(15-24-25-22(27)17-6-4-3-5-7-17)8-13-20(21)32-23(28)18-9-11-19(12-10-18)26(29)30/h3-15H,2H2,1H3,(H,25,27)/b24-15-. The van der Waals surface area contributed by atoms with Gasteiger partial charge in [-0.25, -0.2) is 10.2 Å². The molecule has 0 spiro atoms. The second kappa shape index (κ2) is 10.5. The van der Waals surface area contributed by atoms with Crippen LogP contribution in [0.15, 0.2) is 77.9 Å². The third kappa shape index (κ3) is 5.76. The van der Waals surface area contributed by atoms with E-state index in [1.165, 1.54) is 36.5 Å². The molecule has 32 heavy (non-hydrogen) atoms. The van der Waals surface area contributed by atoms with Gasteiger partial charge in [0.1, 0.15) is 0 Å². The summed E-state index contributed by atoms with van der Waals surface area (Å²) in [6, 6.07) is 18.5. The Kier molecular flexibility index (Phi) is 7.26. The van der Waals surface area contributed by atoms with Crippen LogP contribution in [0.4, 0.5) is 5.69 Å². The van der Waals surface area contributed by atoms with Crippen LogP contribution in [0.5, 0.6) is 11.5 Å². The molecule has 1 amide bonds. The summed E-state index contributed by atoms with van der Waals surface area (Å²) in [7, 11) is 0. The summed E-state index contributed by atoms with van der Waals surface area (Å²) in [5, 5.41) is 14.7. The molecule has 0 aliphatic carbocycles. The molecule has 0 unspecified atom stereocenters. The number of benzene rings is 3. The molecule has 0 bridgehead atoms. The van der Waals surface area contributed by atoms with E-state index >= 15 is 0 Å². The Hall–Kier alpha value is -4.53. The van der Waals surface area contributed by atoms with Gasteiger partial charge in [0.2, 0.25) is 0 Å². The second-order valence-corrected chi connectivity index (χ2v) is 6.40. The van der Waals surface area contributed by atoms with Gasteiger partial charge in [0.05, 0.1) is 23.3 Å². The first-order chi connectivity index (χ1) is 15.5. The first-order valence-corrected chi connectivity index (χ1v) is 9.60. The number of amides is 1. The van der Waals surface area contributed by atoms with Gasteiger partial charge < -0.3 is 9.47 Å². The van der Waals surface area contributed by atoms with E-state index in [1.54, 1.807) is 43.3 Å². The number of nitrogens with one attached hydrogen (secondary N) is 1. The molecule has 0 aliphatic rings. The fourth-order valence-electron chi connectivity index (χ4n) is 2.66. The van der Waals surface area contributed by atoms with Gasteiger partial charge in [-0.2, -0.15) is 5.10 Å². The van der Waals surface area contributed by atoms with Crippen LogP contribution in [0, 0.1) is 10.1 Å². The second-order valence-electron chi connectivity index (χ2n) is 6.40. The van der Waals surface area contributed by atoms with E-state index < -0.39 is 10.9 Å². The van der Waals surface area contributed by atoms with Crippen LogP contribution >= 0.6 is 0 Å². The zero-order valence-electron chi connectivity index (χ0n) is 17.1. The van der Waals surface area contributed by atoms with E-state index in [0.29, 0.717) is 23.5 Å². The Bertz CT molecular complexity index is 1140. The van der Waals surface area contributed by atoms with Crippen LogP contribution in [0.25, 0.3) is 0 Å². The number of nitrogens with zero attached hydrogens (tertiary/aromatic N) is 2.